The Balaban J connectivity index is 2.13. The smallest absolute Gasteiger partial charge is 0.152 e. The molecule has 1 aromatic rings. The number of nitrogens with one attached hydrogen (secondary N) is 1. The molecule has 1 fully saturated rings. The van der Waals surface area contributed by atoms with E-state index in [1.54, 1.807) is 18.2 Å². The van der Waals surface area contributed by atoms with Crippen molar-refractivity contribution in [3.05, 3.63) is 23.4 Å². The maximum absolute atomic E-state index is 11.6. The molecule has 0 saturated heterocycles. The molecule has 2 unspecified atom stereocenters. The van der Waals surface area contributed by atoms with E-state index in [1.165, 1.54) is 6.26 Å². The summed E-state index contributed by atoms with van der Waals surface area (Å²) < 4.78 is 23.2. The first-order valence-corrected chi connectivity index (χ1v) is 7.88. The second-order valence-corrected chi connectivity index (χ2v) is 7.05. The van der Waals surface area contributed by atoms with Gasteiger partial charge in [-0.3, -0.25) is 0 Å². The normalized spacial score (nSPS) is 24.8. The minimum absolute atomic E-state index is 0.0593. The highest BCUT2D eigenvalue weighted by molar-refractivity contribution is 7.91. The highest BCUT2D eigenvalue weighted by Crippen LogP contribution is 2.27. The predicted octanol–water partition coefficient (Wildman–Crippen LogP) is 2.11. The largest absolute Gasteiger partial charge is 0.366 e. The summed E-state index contributed by atoms with van der Waals surface area (Å²) in [6.07, 6.45) is 3.79. The van der Waals surface area contributed by atoms with Gasteiger partial charge in [-0.1, -0.05) is 17.7 Å². The molecular weight excluding hydrogens is 260 g/mol. The van der Waals surface area contributed by atoms with Gasteiger partial charge in [0.25, 0.3) is 0 Å². The zero-order valence-corrected chi connectivity index (χ0v) is 11.1. The third kappa shape index (κ3) is 3.10. The molecule has 17 heavy (non-hydrogen) atoms. The molecule has 0 aromatic carbocycles. The molecule has 94 valence electrons. The molecular formula is C11H15ClN2O2S. The number of aromatic nitrogens is 1. The quantitative estimate of drug-likeness (QED) is 0.858. The van der Waals surface area contributed by atoms with Gasteiger partial charge in [0.05, 0.1) is 5.25 Å². The van der Waals surface area contributed by atoms with Crippen molar-refractivity contribution in [2.75, 3.05) is 11.6 Å². The van der Waals surface area contributed by atoms with Crippen LogP contribution in [0, 0.1) is 0 Å². The van der Waals surface area contributed by atoms with E-state index in [1.807, 2.05) is 0 Å². The summed E-state index contributed by atoms with van der Waals surface area (Å²) in [4.78, 5) is 4.11. The van der Waals surface area contributed by atoms with Crippen LogP contribution in [-0.4, -0.2) is 30.9 Å². The molecule has 0 spiro atoms. The monoisotopic (exact) mass is 274 g/mol. The van der Waals surface area contributed by atoms with Gasteiger partial charge in [-0.05, 0) is 31.4 Å². The Morgan fingerprint density at radius 1 is 1.41 bits per heavy atom. The Bertz CT molecular complexity index is 504. The molecule has 1 aromatic heterocycles. The van der Waals surface area contributed by atoms with Crippen LogP contribution in [0.25, 0.3) is 0 Å². The fourth-order valence-corrected chi connectivity index (χ4v) is 3.84. The van der Waals surface area contributed by atoms with E-state index in [-0.39, 0.29) is 11.3 Å². The van der Waals surface area contributed by atoms with Crippen molar-refractivity contribution >= 4 is 27.3 Å². The maximum Gasteiger partial charge on any atom is 0.152 e. The van der Waals surface area contributed by atoms with Crippen molar-refractivity contribution in [1.29, 1.82) is 0 Å². The van der Waals surface area contributed by atoms with Crippen LogP contribution in [0.5, 0.6) is 0 Å². The molecule has 0 amide bonds. The average Bonchev–Trinajstić information content (AvgIpc) is 2.65. The van der Waals surface area contributed by atoms with Gasteiger partial charge in [-0.25, -0.2) is 13.4 Å². The van der Waals surface area contributed by atoms with Gasteiger partial charge in [0.15, 0.2) is 9.84 Å². The summed E-state index contributed by atoms with van der Waals surface area (Å²) in [6, 6.07) is 5.22. The van der Waals surface area contributed by atoms with Crippen LogP contribution in [0.2, 0.25) is 5.15 Å². The minimum atomic E-state index is -3.01. The average molecular weight is 275 g/mol. The Morgan fingerprint density at radius 3 is 2.82 bits per heavy atom. The summed E-state index contributed by atoms with van der Waals surface area (Å²) in [6.45, 7) is 0. The molecule has 2 rings (SSSR count). The molecule has 1 N–H and O–H groups in total. The number of anilines is 1. The molecule has 1 heterocycles. The van der Waals surface area contributed by atoms with Crippen molar-refractivity contribution in [3.8, 4) is 0 Å². The number of rotatable bonds is 3. The summed E-state index contributed by atoms with van der Waals surface area (Å²) in [5.41, 5.74) is 0. The summed E-state index contributed by atoms with van der Waals surface area (Å²) >= 11 is 5.79. The number of halogens is 1. The summed E-state index contributed by atoms with van der Waals surface area (Å²) in [5, 5.41) is 3.25. The van der Waals surface area contributed by atoms with Crippen molar-refractivity contribution in [2.45, 2.75) is 30.6 Å². The fraction of sp³-hybridized carbons (Fsp3) is 0.545. The number of nitrogens with zero attached hydrogens (tertiary/aromatic N) is 1. The van der Waals surface area contributed by atoms with Crippen LogP contribution >= 0.6 is 11.6 Å². The third-order valence-corrected chi connectivity index (χ3v) is 4.93. The number of sulfone groups is 1. The first-order chi connectivity index (χ1) is 7.97. The van der Waals surface area contributed by atoms with Crippen LogP contribution in [0.15, 0.2) is 18.2 Å². The molecule has 1 aliphatic rings. The standard InChI is InChI=1S/C11H15ClN2O2S/c1-17(15,16)9-5-2-4-8(9)13-11-7-3-6-10(12)14-11/h3,6-9H,2,4-5H2,1H3,(H,13,14). The van der Waals surface area contributed by atoms with Gasteiger partial charge in [-0.15, -0.1) is 0 Å². The second-order valence-electron chi connectivity index (χ2n) is 4.40. The molecule has 4 nitrogen and oxygen atoms in total. The lowest BCUT2D eigenvalue weighted by atomic mass is 10.2. The Hall–Kier alpha value is -0.810. The molecule has 0 aliphatic heterocycles. The highest BCUT2D eigenvalue weighted by atomic mass is 35.5. The second kappa shape index (κ2) is 4.82. The van der Waals surface area contributed by atoms with Gasteiger partial charge >= 0.3 is 0 Å². The molecule has 0 radical (unpaired) electrons. The van der Waals surface area contributed by atoms with Crippen molar-refractivity contribution in [3.63, 3.8) is 0 Å². The maximum atomic E-state index is 11.6. The van der Waals surface area contributed by atoms with Crippen LogP contribution in [0.1, 0.15) is 19.3 Å². The van der Waals surface area contributed by atoms with Crippen LogP contribution < -0.4 is 5.32 Å². The molecule has 1 aliphatic carbocycles. The predicted molar refractivity (Wildman–Crippen MR) is 69.1 cm³/mol. The third-order valence-electron chi connectivity index (χ3n) is 3.05. The summed E-state index contributed by atoms with van der Waals surface area (Å²) in [5.74, 6) is 0.637. The zero-order valence-electron chi connectivity index (χ0n) is 9.56. The fourth-order valence-electron chi connectivity index (χ4n) is 2.28. The number of hydrogen-bond donors (Lipinski definition) is 1. The Labute approximate surface area is 106 Å². The Morgan fingerprint density at radius 2 is 2.18 bits per heavy atom. The minimum Gasteiger partial charge on any atom is -0.366 e. The molecule has 6 heteroatoms. The van der Waals surface area contributed by atoms with Gasteiger partial charge < -0.3 is 5.32 Å². The first-order valence-electron chi connectivity index (χ1n) is 5.55. The topological polar surface area (TPSA) is 59.1 Å². The van der Waals surface area contributed by atoms with E-state index < -0.39 is 9.84 Å². The van der Waals surface area contributed by atoms with Crippen LogP contribution in [0.4, 0.5) is 5.82 Å². The summed E-state index contributed by atoms with van der Waals surface area (Å²) in [7, 11) is -3.01. The Kier molecular flexibility index (Phi) is 3.58. The lowest BCUT2D eigenvalue weighted by Crippen LogP contribution is -2.34. The van der Waals surface area contributed by atoms with Crippen molar-refractivity contribution < 1.29 is 8.42 Å². The number of pyridine rings is 1. The molecule has 1 saturated carbocycles. The van der Waals surface area contributed by atoms with Crippen molar-refractivity contribution in [2.24, 2.45) is 0 Å². The van der Waals surface area contributed by atoms with Gasteiger partial charge in [0.1, 0.15) is 11.0 Å². The van der Waals surface area contributed by atoms with E-state index in [0.29, 0.717) is 11.0 Å². The highest BCUT2D eigenvalue weighted by Gasteiger charge is 2.34. The van der Waals surface area contributed by atoms with E-state index in [4.69, 9.17) is 11.6 Å². The van der Waals surface area contributed by atoms with E-state index >= 15 is 0 Å². The molecule has 2 atom stereocenters. The van der Waals surface area contributed by atoms with E-state index in [2.05, 4.69) is 10.3 Å². The lowest BCUT2D eigenvalue weighted by molar-refractivity contribution is 0.579. The van der Waals surface area contributed by atoms with Gasteiger partial charge in [-0.2, -0.15) is 0 Å². The lowest BCUT2D eigenvalue weighted by Gasteiger charge is -2.19. The SMILES string of the molecule is CS(=O)(=O)C1CCCC1Nc1cccc(Cl)n1. The van der Waals surface area contributed by atoms with Gasteiger partial charge in [0, 0.05) is 12.3 Å². The van der Waals surface area contributed by atoms with Crippen molar-refractivity contribution in [1.82, 2.24) is 4.98 Å². The molecule has 0 bridgehead atoms. The number of hydrogen-bond acceptors (Lipinski definition) is 4. The van der Waals surface area contributed by atoms with Crippen LogP contribution in [0.3, 0.4) is 0 Å². The zero-order chi connectivity index (χ0) is 12.5. The van der Waals surface area contributed by atoms with E-state index in [0.717, 1.165) is 19.3 Å². The van der Waals surface area contributed by atoms with Gasteiger partial charge in [0.2, 0.25) is 0 Å². The van der Waals surface area contributed by atoms with Crippen LogP contribution in [-0.2, 0) is 9.84 Å². The van der Waals surface area contributed by atoms with E-state index in [9.17, 15) is 8.42 Å². The first kappa shape index (κ1) is 12.6.